The Bertz CT molecular complexity index is 578. The average molecular weight is 263 g/mol. The Morgan fingerprint density at radius 3 is 2.74 bits per heavy atom. The number of aromatic nitrogens is 2. The fraction of sp³-hybridized carbons (Fsp3) is 0.385. The average Bonchev–Trinajstić information content (AvgIpc) is 2.86. The van der Waals surface area contributed by atoms with Gasteiger partial charge in [0.2, 0.25) is 5.76 Å². The van der Waals surface area contributed by atoms with Crippen LogP contribution in [-0.4, -0.2) is 21.4 Å². The van der Waals surface area contributed by atoms with Gasteiger partial charge >= 0.3 is 5.97 Å². The second-order valence-corrected chi connectivity index (χ2v) is 5.21. The van der Waals surface area contributed by atoms with Crippen LogP contribution in [0.25, 0.3) is 0 Å². The number of nitrogens with zero attached hydrogens (tertiary/aromatic N) is 2. The molecule has 2 rings (SSSR count). The maximum absolute atomic E-state index is 11.8. The highest BCUT2D eigenvalue weighted by Gasteiger charge is 2.20. The standard InChI is InChI=1S/C13H17N3O3/c1-13(2,3)19-12(17)10-5-4-9(18-10)8-16-7-6-11(14)15-16/h4-7H,8H2,1-3H3,(H2,14,15). The highest BCUT2D eigenvalue weighted by atomic mass is 16.6. The number of furan rings is 1. The van der Waals surface area contributed by atoms with Gasteiger partial charge in [-0.05, 0) is 39.0 Å². The number of carbonyl (C=O) groups is 1. The van der Waals surface area contributed by atoms with E-state index in [0.29, 0.717) is 18.1 Å². The molecule has 0 spiro atoms. The normalized spacial score (nSPS) is 11.5. The second-order valence-electron chi connectivity index (χ2n) is 5.21. The molecule has 0 bridgehead atoms. The zero-order chi connectivity index (χ0) is 14.0. The van der Waals surface area contributed by atoms with E-state index in [2.05, 4.69) is 5.10 Å². The molecule has 0 fully saturated rings. The lowest BCUT2D eigenvalue weighted by atomic mass is 10.2. The number of anilines is 1. The van der Waals surface area contributed by atoms with E-state index in [-0.39, 0.29) is 5.76 Å². The van der Waals surface area contributed by atoms with Gasteiger partial charge in [-0.25, -0.2) is 4.79 Å². The number of esters is 1. The van der Waals surface area contributed by atoms with E-state index in [1.807, 2.05) is 0 Å². The van der Waals surface area contributed by atoms with Crippen LogP contribution in [0, 0.1) is 0 Å². The van der Waals surface area contributed by atoms with Gasteiger partial charge in [0.1, 0.15) is 17.2 Å². The van der Waals surface area contributed by atoms with Crippen molar-refractivity contribution < 1.29 is 13.9 Å². The molecular weight excluding hydrogens is 246 g/mol. The van der Waals surface area contributed by atoms with Crippen molar-refractivity contribution >= 4 is 11.8 Å². The molecule has 0 amide bonds. The highest BCUT2D eigenvalue weighted by molar-refractivity contribution is 5.86. The largest absolute Gasteiger partial charge is 0.454 e. The molecule has 2 heterocycles. The van der Waals surface area contributed by atoms with Gasteiger partial charge in [-0.3, -0.25) is 4.68 Å². The molecule has 2 aromatic rings. The molecule has 0 unspecified atom stereocenters. The van der Waals surface area contributed by atoms with Gasteiger partial charge in [0.15, 0.2) is 0 Å². The quantitative estimate of drug-likeness (QED) is 0.857. The summed E-state index contributed by atoms with van der Waals surface area (Å²) in [5.74, 6) is 0.770. The first-order valence-corrected chi connectivity index (χ1v) is 5.94. The highest BCUT2D eigenvalue weighted by Crippen LogP contribution is 2.15. The minimum Gasteiger partial charge on any atom is -0.454 e. The van der Waals surface area contributed by atoms with Crippen molar-refractivity contribution in [2.75, 3.05) is 5.73 Å². The second kappa shape index (κ2) is 4.79. The Labute approximate surface area is 111 Å². The molecule has 2 aromatic heterocycles. The molecule has 0 saturated carbocycles. The van der Waals surface area contributed by atoms with Gasteiger partial charge in [-0.2, -0.15) is 5.10 Å². The van der Waals surface area contributed by atoms with E-state index in [1.54, 1.807) is 49.8 Å². The van der Waals surface area contributed by atoms with E-state index < -0.39 is 11.6 Å². The molecule has 0 aliphatic heterocycles. The van der Waals surface area contributed by atoms with Crippen LogP contribution in [0.4, 0.5) is 5.82 Å². The number of hydrogen-bond acceptors (Lipinski definition) is 5. The lowest BCUT2D eigenvalue weighted by Crippen LogP contribution is -2.23. The number of hydrogen-bond donors (Lipinski definition) is 1. The van der Waals surface area contributed by atoms with E-state index in [9.17, 15) is 4.79 Å². The zero-order valence-electron chi connectivity index (χ0n) is 11.2. The fourth-order valence-electron chi connectivity index (χ4n) is 1.53. The SMILES string of the molecule is CC(C)(C)OC(=O)c1ccc(Cn2ccc(N)n2)o1. The van der Waals surface area contributed by atoms with Crippen LogP contribution in [0.15, 0.2) is 28.8 Å². The van der Waals surface area contributed by atoms with Crippen molar-refractivity contribution in [3.8, 4) is 0 Å². The first kappa shape index (κ1) is 13.2. The Kier molecular flexibility index (Phi) is 3.33. The van der Waals surface area contributed by atoms with Gasteiger partial charge in [0.05, 0.1) is 6.54 Å². The van der Waals surface area contributed by atoms with Gasteiger partial charge in [0, 0.05) is 6.20 Å². The van der Waals surface area contributed by atoms with Crippen molar-refractivity contribution in [3.05, 3.63) is 35.9 Å². The maximum Gasteiger partial charge on any atom is 0.374 e. The van der Waals surface area contributed by atoms with Crippen LogP contribution in [0.3, 0.4) is 0 Å². The number of rotatable bonds is 3. The molecule has 0 saturated heterocycles. The summed E-state index contributed by atoms with van der Waals surface area (Å²) in [5.41, 5.74) is 4.98. The lowest BCUT2D eigenvalue weighted by molar-refractivity contribution is 0.00342. The molecule has 19 heavy (non-hydrogen) atoms. The summed E-state index contributed by atoms with van der Waals surface area (Å²) in [6, 6.07) is 5.01. The Hall–Kier alpha value is -2.24. The van der Waals surface area contributed by atoms with Crippen LogP contribution in [0.2, 0.25) is 0 Å². The third-order valence-electron chi connectivity index (χ3n) is 2.24. The first-order chi connectivity index (χ1) is 8.83. The lowest BCUT2D eigenvalue weighted by Gasteiger charge is -2.18. The van der Waals surface area contributed by atoms with E-state index in [4.69, 9.17) is 14.9 Å². The minimum absolute atomic E-state index is 0.185. The Morgan fingerprint density at radius 2 is 2.16 bits per heavy atom. The summed E-state index contributed by atoms with van der Waals surface area (Å²) in [5, 5.41) is 4.04. The molecule has 6 nitrogen and oxygen atoms in total. The molecule has 2 N–H and O–H groups in total. The molecular formula is C13H17N3O3. The summed E-state index contributed by atoms with van der Waals surface area (Å²) < 4.78 is 12.3. The molecule has 0 aliphatic rings. The topological polar surface area (TPSA) is 83.3 Å². The minimum atomic E-state index is -0.541. The van der Waals surface area contributed by atoms with E-state index in [0.717, 1.165) is 0 Å². The van der Waals surface area contributed by atoms with Gasteiger partial charge in [-0.15, -0.1) is 0 Å². The smallest absolute Gasteiger partial charge is 0.374 e. The van der Waals surface area contributed by atoms with Crippen molar-refractivity contribution in [2.45, 2.75) is 32.9 Å². The van der Waals surface area contributed by atoms with Crippen LogP contribution in [0.5, 0.6) is 0 Å². The molecule has 0 atom stereocenters. The zero-order valence-corrected chi connectivity index (χ0v) is 11.2. The van der Waals surface area contributed by atoms with Gasteiger partial charge < -0.3 is 14.9 Å². The molecule has 0 aromatic carbocycles. The third kappa shape index (κ3) is 3.61. The van der Waals surface area contributed by atoms with Crippen molar-refractivity contribution in [1.82, 2.24) is 9.78 Å². The third-order valence-corrected chi connectivity index (χ3v) is 2.24. The fourth-order valence-corrected chi connectivity index (χ4v) is 1.53. The van der Waals surface area contributed by atoms with E-state index in [1.165, 1.54) is 0 Å². The number of nitrogen functional groups attached to an aromatic ring is 1. The molecule has 0 aliphatic carbocycles. The van der Waals surface area contributed by atoms with Crippen LogP contribution >= 0.6 is 0 Å². The number of ether oxygens (including phenoxy) is 1. The Balaban J connectivity index is 2.05. The summed E-state index contributed by atoms with van der Waals surface area (Å²) in [6.45, 7) is 5.84. The summed E-state index contributed by atoms with van der Waals surface area (Å²) in [4.78, 5) is 11.8. The number of carbonyl (C=O) groups excluding carboxylic acids is 1. The molecule has 6 heteroatoms. The maximum atomic E-state index is 11.8. The monoisotopic (exact) mass is 263 g/mol. The first-order valence-electron chi connectivity index (χ1n) is 5.94. The van der Waals surface area contributed by atoms with Gasteiger partial charge in [0.25, 0.3) is 0 Å². The Morgan fingerprint density at radius 1 is 1.42 bits per heavy atom. The summed E-state index contributed by atoms with van der Waals surface area (Å²) >= 11 is 0. The molecule has 102 valence electrons. The van der Waals surface area contributed by atoms with Crippen LogP contribution in [-0.2, 0) is 11.3 Å². The van der Waals surface area contributed by atoms with Crippen molar-refractivity contribution in [1.29, 1.82) is 0 Å². The summed E-state index contributed by atoms with van der Waals surface area (Å²) in [6.07, 6.45) is 1.74. The van der Waals surface area contributed by atoms with Crippen LogP contribution in [0.1, 0.15) is 37.1 Å². The number of nitrogens with two attached hydrogens (primary N) is 1. The summed E-state index contributed by atoms with van der Waals surface area (Å²) in [7, 11) is 0. The van der Waals surface area contributed by atoms with Crippen molar-refractivity contribution in [2.24, 2.45) is 0 Å². The predicted octanol–water partition coefficient (Wildman–Crippen LogP) is 2.06. The van der Waals surface area contributed by atoms with E-state index >= 15 is 0 Å². The van der Waals surface area contributed by atoms with Crippen LogP contribution < -0.4 is 5.73 Å². The van der Waals surface area contributed by atoms with Crippen molar-refractivity contribution in [3.63, 3.8) is 0 Å². The molecule has 0 radical (unpaired) electrons. The van der Waals surface area contributed by atoms with Gasteiger partial charge in [-0.1, -0.05) is 0 Å². The predicted molar refractivity (Wildman–Crippen MR) is 69.6 cm³/mol.